The van der Waals surface area contributed by atoms with Crippen molar-refractivity contribution >= 4 is 34.4 Å². The van der Waals surface area contributed by atoms with E-state index in [1.165, 1.54) is 12.1 Å². The van der Waals surface area contributed by atoms with Crippen molar-refractivity contribution in [2.24, 2.45) is 0 Å². The van der Waals surface area contributed by atoms with E-state index >= 15 is 0 Å². The van der Waals surface area contributed by atoms with Gasteiger partial charge in [-0.3, -0.25) is 9.59 Å². The molecule has 7 nitrogen and oxygen atoms in total. The normalized spacial score (nSPS) is 22.8. The number of nitrogens with one attached hydrogen (secondary N) is 2. The summed E-state index contributed by atoms with van der Waals surface area (Å²) in [5, 5.41) is 6.08. The van der Waals surface area contributed by atoms with Gasteiger partial charge in [0, 0.05) is 22.7 Å². The molecule has 0 aliphatic heterocycles. The summed E-state index contributed by atoms with van der Waals surface area (Å²) in [7, 11) is 0. The fourth-order valence-corrected chi connectivity index (χ4v) is 4.90. The van der Waals surface area contributed by atoms with Gasteiger partial charge in [-0.05, 0) is 63.4 Å². The fraction of sp³-hybridized carbons (Fsp3) is 0.333. The summed E-state index contributed by atoms with van der Waals surface area (Å²) in [6.07, 6.45) is 2.00. The molecule has 2 bridgehead atoms. The number of fused-ring (bicyclic) bond motifs is 1. The lowest BCUT2D eigenvalue weighted by Crippen LogP contribution is -2.84. The number of carbonyl (C=O) groups excluding carboxylic acids is 2. The number of halogens is 2. The molecule has 1 heterocycles. The van der Waals surface area contributed by atoms with E-state index in [2.05, 4.69) is 20.6 Å². The minimum atomic E-state index is -0.601. The monoisotopic (exact) mass is 468 g/mol. The third-order valence-electron chi connectivity index (χ3n) is 6.41. The Kier molecular flexibility index (Phi) is 5.01. The summed E-state index contributed by atoms with van der Waals surface area (Å²) < 4.78 is 18.8. The fourth-order valence-electron chi connectivity index (χ4n) is 4.79. The van der Waals surface area contributed by atoms with Crippen molar-refractivity contribution in [2.75, 3.05) is 6.61 Å². The first-order chi connectivity index (χ1) is 15.7. The number of amides is 2. The van der Waals surface area contributed by atoms with Gasteiger partial charge in [-0.1, -0.05) is 11.6 Å². The second-order valence-electron chi connectivity index (χ2n) is 9.06. The molecule has 1 aromatic heterocycles. The van der Waals surface area contributed by atoms with E-state index in [9.17, 15) is 14.0 Å². The number of benzene rings is 2. The van der Waals surface area contributed by atoms with Crippen LogP contribution in [0.4, 0.5) is 4.39 Å². The van der Waals surface area contributed by atoms with Crippen molar-refractivity contribution in [2.45, 2.75) is 44.2 Å². The Morgan fingerprint density at radius 2 is 1.67 bits per heavy atom. The average Bonchev–Trinajstić information content (AvgIpc) is 2.72. The third kappa shape index (κ3) is 3.99. The third-order valence-corrected chi connectivity index (χ3v) is 6.72. The lowest BCUT2D eigenvalue weighted by molar-refractivity contribution is -0.141. The highest BCUT2D eigenvalue weighted by Crippen LogP contribution is 2.60. The molecule has 33 heavy (non-hydrogen) atoms. The predicted molar refractivity (Wildman–Crippen MR) is 121 cm³/mol. The number of rotatable bonds is 6. The molecular formula is C24H22ClFN4O3. The molecule has 9 heteroatoms. The van der Waals surface area contributed by atoms with Crippen LogP contribution in [0.3, 0.4) is 0 Å². The lowest BCUT2D eigenvalue weighted by atomic mass is 9.44. The number of aromatic nitrogens is 2. The number of hydrogen-bond donors (Lipinski definition) is 2. The minimum absolute atomic E-state index is 0.00477. The van der Waals surface area contributed by atoms with Gasteiger partial charge in [0.1, 0.15) is 11.6 Å². The standard InChI is InChI=1S/C24H22ClFN4O3/c1-13-14(2)28-20-7-15(3-6-19(20)27-13)22(32)30-24-10-23(11-24,12-24)29-21(31)9-33-16-4-5-17(25)18(26)8-16/h3-8H,9-12H2,1-2H3,(H,29,31)(H,30,32). The van der Waals surface area contributed by atoms with Crippen LogP contribution in [0.25, 0.3) is 11.0 Å². The number of ether oxygens (including phenoxy) is 1. The number of hydrogen-bond acceptors (Lipinski definition) is 5. The lowest BCUT2D eigenvalue weighted by Gasteiger charge is -2.70. The molecule has 6 rings (SSSR count). The van der Waals surface area contributed by atoms with Crippen molar-refractivity contribution in [3.8, 4) is 5.75 Å². The Labute approximate surface area is 194 Å². The molecule has 3 aliphatic rings. The van der Waals surface area contributed by atoms with Gasteiger partial charge in [0.25, 0.3) is 11.8 Å². The van der Waals surface area contributed by atoms with Gasteiger partial charge >= 0.3 is 0 Å². The maximum absolute atomic E-state index is 13.5. The molecule has 0 saturated heterocycles. The second kappa shape index (κ2) is 7.66. The second-order valence-corrected chi connectivity index (χ2v) is 9.46. The summed E-state index contributed by atoms with van der Waals surface area (Å²) in [5.74, 6) is -0.817. The van der Waals surface area contributed by atoms with E-state index in [4.69, 9.17) is 16.3 Å². The van der Waals surface area contributed by atoms with E-state index in [1.54, 1.807) is 18.2 Å². The Morgan fingerprint density at radius 1 is 1.00 bits per heavy atom. The summed E-state index contributed by atoms with van der Waals surface area (Å²) in [6, 6.07) is 9.33. The van der Waals surface area contributed by atoms with Crippen LogP contribution in [0.2, 0.25) is 5.02 Å². The number of aryl methyl sites for hydroxylation is 2. The zero-order valence-corrected chi connectivity index (χ0v) is 18.9. The highest BCUT2D eigenvalue weighted by molar-refractivity contribution is 6.30. The quantitative estimate of drug-likeness (QED) is 0.576. The van der Waals surface area contributed by atoms with Crippen LogP contribution >= 0.6 is 11.6 Å². The SMILES string of the molecule is Cc1nc2ccc(C(=O)NC34CC(NC(=O)COc5ccc(Cl)c(F)c5)(C3)C4)cc2nc1C. The number of nitrogens with zero attached hydrogens (tertiary/aromatic N) is 2. The summed E-state index contributed by atoms with van der Waals surface area (Å²) >= 11 is 5.64. The highest BCUT2D eigenvalue weighted by atomic mass is 35.5. The van der Waals surface area contributed by atoms with Crippen LogP contribution in [0.15, 0.2) is 36.4 Å². The Balaban J connectivity index is 1.14. The predicted octanol–water partition coefficient (Wildman–Crippen LogP) is 3.64. The van der Waals surface area contributed by atoms with Crippen molar-refractivity contribution in [3.63, 3.8) is 0 Å². The molecule has 0 radical (unpaired) electrons. The maximum atomic E-state index is 13.5. The first kappa shape index (κ1) is 21.6. The Morgan fingerprint density at radius 3 is 2.36 bits per heavy atom. The van der Waals surface area contributed by atoms with E-state index in [1.807, 2.05) is 13.8 Å². The van der Waals surface area contributed by atoms with Gasteiger partial charge in [-0.2, -0.15) is 0 Å². The average molecular weight is 469 g/mol. The molecule has 0 spiro atoms. The largest absolute Gasteiger partial charge is 0.484 e. The van der Waals surface area contributed by atoms with Crippen LogP contribution in [-0.4, -0.2) is 39.5 Å². The van der Waals surface area contributed by atoms with E-state index < -0.39 is 5.82 Å². The van der Waals surface area contributed by atoms with E-state index in [0.29, 0.717) is 30.3 Å². The molecule has 3 fully saturated rings. The zero-order chi connectivity index (χ0) is 23.4. The van der Waals surface area contributed by atoms with Crippen molar-refractivity contribution < 1.29 is 18.7 Å². The molecule has 0 unspecified atom stereocenters. The van der Waals surface area contributed by atoms with Crippen LogP contribution in [0, 0.1) is 19.7 Å². The van der Waals surface area contributed by atoms with Gasteiger partial charge in [0.2, 0.25) is 0 Å². The maximum Gasteiger partial charge on any atom is 0.258 e. The van der Waals surface area contributed by atoms with Gasteiger partial charge < -0.3 is 15.4 Å². The topological polar surface area (TPSA) is 93.2 Å². The van der Waals surface area contributed by atoms with E-state index in [-0.39, 0.29) is 40.3 Å². The summed E-state index contributed by atoms with van der Waals surface area (Å²) in [6.45, 7) is 3.57. The van der Waals surface area contributed by atoms with Gasteiger partial charge in [0.05, 0.1) is 27.4 Å². The van der Waals surface area contributed by atoms with Crippen LogP contribution in [0.1, 0.15) is 41.0 Å². The zero-order valence-electron chi connectivity index (χ0n) is 18.2. The Hall–Kier alpha value is -3.26. The Bertz CT molecular complexity index is 1290. The molecule has 3 saturated carbocycles. The molecule has 3 aromatic rings. The van der Waals surface area contributed by atoms with Crippen LogP contribution < -0.4 is 15.4 Å². The van der Waals surface area contributed by atoms with Gasteiger partial charge in [-0.25, -0.2) is 14.4 Å². The molecule has 3 aliphatic carbocycles. The first-order valence-corrected chi connectivity index (χ1v) is 11.0. The van der Waals surface area contributed by atoms with Crippen molar-refractivity contribution in [1.29, 1.82) is 0 Å². The molecule has 170 valence electrons. The smallest absolute Gasteiger partial charge is 0.258 e. The van der Waals surface area contributed by atoms with Crippen molar-refractivity contribution in [1.82, 2.24) is 20.6 Å². The highest BCUT2D eigenvalue weighted by Gasteiger charge is 2.69. The first-order valence-electron chi connectivity index (χ1n) is 10.6. The molecule has 0 atom stereocenters. The van der Waals surface area contributed by atoms with E-state index in [0.717, 1.165) is 23.0 Å². The van der Waals surface area contributed by atoms with Crippen molar-refractivity contribution in [3.05, 3.63) is 64.2 Å². The van der Waals surface area contributed by atoms with Crippen LogP contribution in [0.5, 0.6) is 5.75 Å². The van der Waals surface area contributed by atoms with Crippen LogP contribution in [-0.2, 0) is 4.79 Å². The number of carbonyl (C=O) groups is 2. The molecule has 2 amide bonds. The van der Waals surface area contributed by atoms with Gasteiger partial charge in [-0.15, -0.1) is 0 Å². The minimum Gasteiger partial charge on any atom is -0.484 e. The molecule has 2 N–H and O–H groups in total. The summed E-state index contributed by atoms with van der Waals surface area (Å²) in [4.78, 5) is 34.1. The summed E-state index contributed by atoms with van der Waals surface area (Å²) in [5.41, 5.74) is 3.06. The molecular weight excluding hydrogens is 447 g/mol. The molecule has 2 aromatic carbocycles. The van der Waals surface area contributed by atoms with Gasteiger partial charge in [0.15, 0.2) is 6.61 Å².